The molecular weight excluding hydrogens is 441 g/mol. The Bertz CT molecular complexity index is 998. The number of piperazine rings is 1. The lowest BCUT2D eigenvalue weighted by Crippen LogP contribution is -2.49. The number of primary amides is 1. The van der Waals surface area contributed by atoms with E-state index in [1.54, 1.807) is 23.2 Å². The van der Waals surface area contributed by atoms with Gasteiger partial charge in [0.05, 0.1) is 24.1 Å². The van der Waals surface area contributed by atoms with Crippen LogP contribution in [-0.2, 0) is 16.1 Å². The highest BCUT2D eigenvalue weighted by Crippen LogP contribution is 2.29. The Balaban J connectivity index is 1.34. The summed E-state index contributed by atoms with van der Waals surface area (Å²) in [5, 5.41) is 6.93. The molecule has 1 unspecified atom stereocenters. The second-order valence-electron chi connectivity index (χ2n) is 7.35. The fourth-order valence-corrected chi connectivity index (χ4v) is 4.19. The van der Waals surface area contributed by atoms with Gasteiger partial charge in [0.2, 0.25) is 5.91 Å². The molecule has 1 aromatic carbocycles. The molecule has 32 heavy (non-hydrogen) atoms. The van der Waals surface area contributed by atoms with E-state index in [0.717, 1.165) is 11.8 Å². The van der Waals surface area contributed by atoms with Gasteiger partial charge in [-0.3, -0.25) is 14.5 Å². The molecule has 3 amide bonds. The fourth-order valence-electron chi connectivity index (χ4n) is 3.67. The van der Waals surface area contributed by atoms with E-state index in [1.165, 1.54) is 21.8 Å². The lowest BCUT2D eigenvalue weighted by atomic mass is 10.2. The standard InChI is InChI=1S/C19H22FN7O4S/c20-15-9-13(27-10-14(31-19(27)30)12-32-18(21)29)1-2-16(15)24-5-7-25(8-6-24)17(28)11-26-4-3-22-23-26/h1-4,9,14H,5-8,10-12H2,(H2,21,29). The van der Waals surface area contributed by atoms with Crippen LogP contribution in [-0.4, -0.2) is 81.7 Å². The third-order valence-corrected chi connectivity index (χ3v) is 6.09. The first-order valence-electron chi connectivity index (χ1n) is 9.97. The molecule has 170 valence electrons. The van der Waals surface area contributed by atoms with Crippen LogP contribution in [0.1, 0.15) is 0 Å². The number of benzene rings is 1. The summed E-state index contributed by atoms with van der Waals surface area (Å²) < 4.78 is 21.6. The average Bonchev–Trinajstić information content (AvgIpc) is 3.41. The van der Waals surface area contributed by atoms with Crippen molar-refractivity contribution in [2.24, 2.45) is 5.73 Å². The number of anilines is 2. The first kappa shape index (κ1) is 21.9. The largest absolute Gasteiger partial charge is 0.443 e. The smallest absolute Gasteiger partial charge is 0.414 e. The van der Waals surface area contributed by atoms with E-state index in [1.807, 2.05) is 4.90 Å². The first-order valence-corrected chi connectivity index (χ1v) is 11.0. The number of hydrogen-bond donors (Lipinski definition) is 1. The lowest BCUT2D eigenvalue weighted by Gasteiger charge is -2.36. The van der Waals surface area contributed by atoms with Gasteiger partial charge in [0.15, 0.2) is 0 Å². The van der Waals surface area contributed by atoms with Crippen LogP contribution in [0.15, 0.2) is 30.6 Å². The number of carbonyl (C=O) groups is 3. The number of carbonyl (C=O) groups excluding carboxylic acids is 3. The quantitative estimate of drug-likeness (QED) is 0.670. The van der Waals surface area contributed by atoms with Gasteiger partial charge in [-0.05, 0) is 18.2 Å². The minimum absolute atomic E-state index is 0.0671. The third kappa shape index (κ3) is 4.93. The van der Waals surface area contributed by atoms with Gasteiger partial charge >= 0.3 is 6.09 Å². The zero-order chi connectivity index (χ0) is 22.7. The molecule has 1 aromatic heterocycles. The second kappa shape index (κ2) is 9.42. The molecule has 4 rings (SSSR count). The van der Waals surface area contributed by atoms with E-state index >= 15 is 0 Å². The van der Waals surface area contributed by atoms with Crippen LogP contribution in [0.4, 0.5) is 25.4 Å². The van der Waals surface area contributed by atoms with Gasteiger partial charge in [-0.2, -0.15) is 0 Å². The molecule has 2 aromatic rings. The Morgan fingerprint density at radius 2 is 2.03 bits per heavy atom. The van der Waals surface area contributed by atoms with Gasteiger partial charge in [0, 0.05) is 38.1 Å². The second-order valence-corrected chi connectivity index (χ2v) is 8.37. The zero-order valence-corrected chi connectivity index (χ0v) is 17.9. The van der Waals surface area contributed by atoms with Crippen molar-refractivity contribution in [3.63, 3.8) is 0 Å². The molecule has 2 fully saturated rings. The molecule has 0 bridgehead atoms. The van der Waals surface area contributed by atoms with Gasteiger partial charge in [0.1, 0.15) is 18.5 Å². The van der Waals surface area contributed by atoms with E-state index in [2.05, 4.69) is 10.3 Å². The number of amides is 3. The summed E-state index contributed by atoms with van der Waals surface area (Å²) in [5.74, 6) is -0.284. The Labute approximate surface area is 187 Å². The predicted octanol–water partition coefficient (Wildman–Crippen LogP) is 0.903. The van der Waals surface area contributed by atoms with E-state index in [0.29, 0.717) is 37.6 Å². The van der Waals surface area contributed by atoms with Crippen LogP contribution in [0, 0.1) is 5.82 Å². The SMILES string of the molecule is NC(=O)SCC1CN(c2ccc(N3CCN(C(=O)Cn4ccnn4)CC3)c(F)c2)C(=O)O1. The lowest BCUT2D eigenvalue weighted by molar-refractivity contribution is -0.132. The number of cyclic esters (lactones) is 1. The molecule has 0 radical (unpaired) electrons. The number of ether oxygens (including phenoxy) is 1. The zero-order valence-electron chi connectivity index (χ0n) is 17.1. The molecule has 2 saturated heterocycles. The van der Waals surface area contributed by atoms with Crippen molar-refractivity contribution in [3.05, 3.63) is 36.4 Å². The maximum Gasteiger partial charge on any atom is 0.414 e. The molecule has 3 heterocycles. The highest BCUT2D eigenvalue weighted by atomic mass is 32.2. The van der Waals surface area contributed by atoms with Crippen molar-refractivity contribution in [3.8, 4) is 0 Å². The van der Waals surface area contributed by atoms with Crippen molar-refractivity contribution in [2.45, 2.75) is 12.6 Å². The molecule has 0 aliphatic carbocycles. The summed E-state index contributed by atoms with van der Waals surface area (Å²) >= 11 is 0.873. The minimum atomic E-state index is -0.591. The topological polar surface area (TPSA) is 127 Å². The number of nitrogens with zero attached hydrogens (tertiary/aromatic N) is 6. The fraction of sp³-hybridized carbons (Fsp3) is 0.421. The molecule has 11 nitrogen and oxygen atoms in total. The van der Waals surface area contributed by atoms with Gasteiger partial charge < -0.3 is 20.3 Å². The van der Waals surface area contributed by atoms with Gasteiger partial charge in [-0.15, -0.1) is 5.10 Å². The normalized spacial score (nSPS) is 18.7. The number of rotatable bonds is 6. The van der Waals surface area contributed by atoms with Crippen LogP contribution >= 0.6 is 11.8 Å². The molecule has 2 N–H and O–H groups in total. The van der Waals surface area contributed by atoms with Crippen molar-refractivity contribution >= 4 is 40.4 Å². The molecule has 1 atom stereocenters. The van der Waals surface area contributed by atoms with Crippen LogP contribution in [0.25, 0.3) is 0 Å². The molecular formula is C19H22FN7O4S. The number of nitrogens with two attached hydrogens (primary N) is 1. The van der Waals surface area contributed by atoms with E-state index in [9.17, 15) is 18.8 Å². The van der Waals surface area contributed by atoms with Gasteiger partial charge in [0.25, 0.3) is 5.24 Å². The third-order valence-electron chi connectivity index (χ3n) is 5.27. The van der Waals surface area contributed by atoms with Crippen molar-refractivity contribution < 1.29 is 23.5 Å². The first-order chi connectivity index (χ1) is 15.4. The molecule has 0 spiro atoms. The molecule has 0 saturated carbocycles. The summed E-state index contributed by atoms with van der Waals surface area (Å²) in [5.41, 5.74) is 5.89. The van der Waals surface area contributed by atoms with Crippen LogP contribution in [0.3, 0.4) is 0 Å². The van der Waals surface area contributed by atoms with E-state index in [-0.39, 0.29) is 24.7 Å². The summed E-state index contributed by atoms with van der Waals surface area (Å²) in [6.07, 6.45) is 2.05. The van der Waals surface area contributed by atoms with E-state index < -0.39 is 23.3 Å². The Kier molecular flexibility index (Phi) is 6.44. The van der Waals surface area contributed by atoms with Gasteiger partial charge in [-0.25, -0.2) is 13.9 Å². The number of thioether (sulfide) groups is 1. The maximum absolute atomic E-state index is 14.9. The van der Waals surface area contributed by atoms with E-state index in [4.69, 9.17) is 10.5 Å². The number of aromatic nitrogens is 3. The summed E-state index contributed by atoms with van der Waals surface area (Å²) in [4.78, 5) is 40.3. The molecule has 2 aliphatic rings. The Morgan fingerprint density at radius 1 is 1.25 bits per heavy atom. The average molecular weight is 463 g/mol. The maximum atomic E-state index is 14.9. The van der Waals surface area contributed by atoms with Crippen LogP contribution in [0.5, 0.6) is 0 Å². The number of halogens is 1. The molecule has 13 heteroatoms. The number of hydrogen-bond acceptors (Lipinski definition) is 8. The monoisotopic (exact) mass is 463 g/mol. The highest BCUT2D eigenvalue weighted by Gasteiger charge is 2.33. The van der Waals surface area contributed by atoms with Crippen LogP contribution in [0.2, 0.25) is 0 Å². The van der Waals surface area contributed by atoms with Crippen molar-refractivity contribution in [1.82, 2.24) is 19.9 Å². The van der Waals surface area contributed by atoms with Crippen molar-refractivity contribution in [1.29, 1.82) is 0 Å². The van der Waals surface area contributed by atoms with Crippen molar-refractivity contribution in [2.75, 3.05) is 48.3 Å². The summed E-state index contributed by atoms with van der Waals surface area (Å²) in [7, 11) is 0. The highest BCUT2D eigenvalue weighted by molar-refractivity contribution is 8.13. The Hall–Kier alpha value is -3.35. The van der Waals surface area contributed by atoms with Gasteiger partial charge in [-0.1, -0.05) is 17.0 Å². The molecule has 2 aliphatic heterocycles. The summed E-state index contributed by atoms with van der Waals surface area (Å²) in [6.45, 7) is 2.23. The minimum Gasteiger partial charge on any atom is -0.443 e. The summed E-state index contributed by atoms with van der Waals surface area (Å²) in [6, 6.07) is 4.57. The predicted molar refractivity (Wildman–Crippen MR) is 115 cm³/mol. The van der Waals surface area contributed by atoms with Crippen LogP contribution < -0.4 is 15.5 Å². The Morgan fingerprint density at radius 3 is 2.69 bits per heavy atom.